The van der Waals surface area contributed by atoms with E-state index in [-0.39, 0.29) is 49.5 Å². The second kappa shape index (κ2) is 15.6. The number of hydrogen-bond donors (Lipinski definition) is 1. The van der Waals surface area contributed by atoms with Gasteiger partial charge >= 0.3 is 0 Å². The van der Waals surface area contributed by atoms with Crippen molar-refractivity contribution in [2.75, 3.05) is 17.1 Å². The lowest BCUT2D eigenvalue weighted by Gasteiger charge is -2.34. The number of anilines is 1. The van der Waals surface area contributed by atoms with Gasteiger partial charge in [0.15, 0.2) is 11.6 Å². The number of carbonyl (C=O) groups is 2. The predicted molar refractivity (Wildman–Crippen MR) is 171 cm³/mol. The largest absolute Gasteiger partial charge is 0.352 e. The van der Waals surface area contributed by atoms with Crippen molar-refractivity contribution < 1.29 is 26.8 Å². The van der Waals surface area contributed by atoms with Crippen LogP contribution < -0.4 is 9.62 Å². The highest BCUT2D eigenvalue weighted by Gasteiger charge is 2.32. The molecule has 0 radical (unpaired) electrons. The molecular formula is C33H38BrF2N3O4S. The van der Waals surface area contributed by atoms with Crippen LogP contribution in [0.1, 0.15) is 56.1 Å². The Balaban J connectivity index is 1.59. The number of halogens is 3. The van der Waals surface area contributed by atoms with Gasteiger partial charge < -0.3 is 10.2 Å². The first-order valence-corrected chi connectivity index (χ1v) is 17.5. The molecule has 44 heavy (non-hydrogen) atoms. The summed E-state index contributed by atoms with van der Waals surface area (Å²) in [6.07, 6.45) is 6.35. The Morgan fingerprint density at radius 2 is 1.64 bits per heavy atom. The van der Waals surface area contributed by atoms with Crippen molar-refractivity contribution in [3.8, 4) is 0 Å². The number of nitrogens with one attached hydrogen (secondary N) is 1. The van der Waals surface area contributed by atoms with Gasteiger partial charge in [-0.05, 0) is 54.7 Å². The number of carbonyl (C=O) groups excluding carboxylic acids is 2. The minimum absolute atomic E-state index is 0.0290. The molecule has 1 aliphatic carbocycles. The molecule has 1 aliphatic rings. The maximum atomic E-state index is 14.0. The Morgan fingerprint density at radius 1 is 0.932 bits per heavy atom. The second-order valence-corrected chi connectivity index (χ2v) is 14.1. The third kappa shape index (κ3) is 9.59. The highest BCUT2D eigenvalue weighted by atomic mass is 79.9. The van der Waals surface area contributed by atoms with E-state index in [1.807, 2.05) is 54.6 Å². The van der Waals surface area contributed by atoms with Crippen LogP contribution in [0.3, 0.4) is 0 Å². The molecule has 3 aromatic rings. The van der Waals surface area contributed by atoms with Crippen LogP contribution in [0.5, 0.6) is 0 Å². The molecule has 7 nitrogen and oxygen atoms in total. The summed E-state index contributed by atoms with van der Waals surface area (Å²) in [6, 6.07) is 19.2. The van der Waals surface area contributed by atoms with Gasteiger partial charge in [0.25, 0.3) is 0 Å². The van der Waals surface area contributed by atoms with Crippen molar-refractivity contribution in [3.63, 3.8) is 0 Å². The standard InChI is InChI=1S/C33H38BrF2N3O4S/c1-44(42,43)39(28-17-18-29(35)30(36)22-28)19-9-16-32(40)38(23-25-12-8-13-26(34)20-25)31(21-24-10-4-2-5-11-24)33(41)37-27-14-6-3-7-15-27/h2,4-5,8,10-13,17-18,20,22,27,31H,3,6-7,9,14-16,19,21,23H2,1H3,(H,37,41)/t31-/m0/s1. The zero-order chi connectivity index (χ0) is 31.7. The monoisotopic (exact) mass is 689 g/mol. The SMILES string of the molecule is CS(=O)(=O)N(CCCC(=O)N(Cc1cccc(Br)c1)[C@@H](Cc1ccccc1)C(=O)NC1CCCCC1)c1ccc(F)c(F)c1. The highest BCUT2D eigenvalue weighted by Crippen LogP contribution is 2.24. The summed E-state index contributed by atoms with van der Waals surface area (Å²) in [6.45, 7) is 0.0464. The molecule has 4 rings (SSSR count). The minimum Gasteiger partial charge on any atom is -0.352 e. The van der Waals surface area contributed by atoms with Crippen molar-refractivity contribution in [2.45, 2.75) is 70.0 Å². The van der Waals surface area contributed by atoms with E-state index in [1.54, 1.807) is 4.90 Å². The average Bonchev–Trinajstić information content (AvgIpc) is 2.99. The molecule has 1 atom stereocenters. The van der Waals surface area contributed by atoms with E-state index >= 15 is 0 Å². The number of rotatable bonds is 13. The Bertz CT molecular complexity index is 1530. The molecule has 0 spiro atoms. The Hall–Kier alpha value is -3.31. The Labute approximate surface area is 266 Å². The van der Waals surface area contributed by atoms with Crippen LogP contribution in [0, 0.1) is 11.6 Å². The summed E-state index contributed by atoms with van der Waals surface area (Å²) in [7, 11) is -3.86. The molecule has 2 amide bonds. The molecule has 3 aromatic carbocycles. The third-order valence-corrected chi connectivity index (χ3v) is 9.50. The van der Waals surface area contributed by atoms with Gasteiger partial charge in [-0.2, -0.15) is 0 Å². The van der Waals surface area contributed by atoms with Crippen LogP contribution in [0.4, 0.5) is 14.5 Å². The summed E-state index contributed by atoms with van der Waals surface area (Å²) >= 11 is 3.49. The lowest BCUT2D eigenvalue weighted by molar-refractivity contribution is -0.141. The van der Waals surface area contributed by atoms with E-state index in [4.69, 9.17) is 0 Å². The fourth-order valence-corrected chi connectivity index (χ4v) is 6.98. The van der Waals surface area contributed by atoms with Crippen molar-refractivity contribution in [1.82, 2.24) is 10.2 Å². The number of sulfonamides is 1. The molecule has 236 valence electrons. The van der Waals surface area contributed by atoms with Gasteiger partial charge in [0.05, 0.1) is 11.9 Å². The molecule has 1 saturated carbocycles. The topological polar surface area (TPSA) is 86.8 Å². The normalized spacial score (nSPS) is 14.5. The lowest BCUT2D eigenvalue weighted by Crippen LogP contribution is -2.52. The van der Waals surface area contributed by atoms with Crippen LogP contribution in [0.15, 0.2) is 77.3 Å². The zero-order valence-corrected chi connectivity index (χ0v) is 27.1. The molecule has 0 heterocycles. The van der Waals surface area contributed by atoms with E-state index in [2.05, 4.69) is 21.2 Å². The van der Waals surface area contributed by atoms with Crippen LogP contribution >= 0.6 is 15.9 Å². The van der Waals surface area contributed by atoms with E-state index in [0.717, 1.165) is 70.4 Å². The minimum atomic E-state index is -3.86. The summed E-state index contributed by atoms with van der Waals surface area (Å²) in [4.78, 5) is 29.5. The summed E-state index contributed by atoms with van der Waals surface area (Å²) in [5.74, 6) is -2.79. The molecule has 0 aliphatic heterocycles. The Morgan fingerprint density at radius 3 is 2.30 bits per heavy atom. The Kier molecular flexibility index (Phi) is 11.9. The third-order valence-electron chi connectivity index (χ3n) is 7.81. The fourth-order valence-electron chi connectivity index (χ4n) is 5.57. The van der Waals surface area contributed by atoms with E-state index in [1.165, 1.54) is 6.07 Å². The molecular weight excluding hydrogens is 652 g/mol. The first-order chi connectivity index (χ1) is 21.0. The number of amides is 2. The molecule has 0 bridgehead atoms. The average molecular weight is 691 g/mol. The second-order valence-electron chi connectivity index (χ2n) is 11.2. The fraction of sp³-hybridized carbons (Fsp3) is 0.394. The molecule has 0 aromatic heterocycles. The lowest BCUT2D eigenvalue weighted by atomic mass is 9.94. The zero-order valence-electron chi connectivity index (χ0n) is 24.7. The summed E-state index contributed by atoms with van der Waals surface area (Å²) < 4.78 is 54.4. The number of hydrogen-bond acceptors (Lipinski definition) is 4. The maximum absolute atomic E-state index is 14.0. The molecule has 0 saturated heterocycles. The first-order valence-electron chi connectivity index (χ1n) is 14.8. The van der Waals surface area contributed by atoms with Crippen LogP contribution in [-0.2, 0) is 32.6 Å². The predicted octanol–water partition coefficient (Wildman–Crippen LogP) is 6.36. The van der Waals surface area contributed by atoms with Gasteiger partial charge in [-0.15, -0.1) is 0 Å². The van der Waals surface area contributed by atoms with Crippen molar-refractivity contribution in [2.24, 2.45) is 0 Å². The molecule has 0 unspecified atom stereocenters. The van der Waals surface area contributed by atoms with Gasteiger partial charge in [0, 0.05) is 42.5 Å². The van der Waals surface area contributed by atoms with Crippen LogP contribution in [0.25, 0.3) is 0 Å². The van der Waals surface area contributed by atoms with Crippen LogP contribution in [-0.4, -0.2) is 50.0 Å². The van der Waals surface area contributed by atoms with E-state index in [0.29, 0.717) is 6.42 Å². The van der Waals surface area contributed by atoms with Gasteiger partial charge in [0.2, 0.25) is 21.8 Å². The quantitative estimate of drug-likeness (QED) is 0.226. The molecule has 11 heteroatoms. The van der Waals surface area contributed by atoms with E-state index < -0.39 is 27.7 Å². The van der Waals surface area contributed by atoms with E-state index in [9.17, 15) is 26.8 Å². The van der Waals surface area contributed by atoms with Gasteiger partial charge in [0.1, 0.15) is 6.04 Å². The first kappa shape index (κ1) is 33.6. The van der Waals surface area contributed by atoms with Crippen molar-refractivity contribution in [3.05, 3.63) is 100 Å². The number of nitrogens with zero attached hydrogens (tertiary/aromatic N) is 2. The maximum Gasteiger partial charge on any atom is 0.243 e. The number of benzene rings is 3. The smallest absolute Gasteiger partial charge is 0.243 e. The van der Waals surface area contributed by atoms with Crippen molar-refractivity contribution in [1.29, 1.82) is 0 Å². The van der Waals surface area contributed by atoms with Gasteiger partial charge in [-0.3, -0.25) is 13.9 Å². The molecule has 1 N–H and O–H groups in total. The summed E-state index contributed by atoms with van der Waals surface area (Å²) in [5, 5.41) is 3.20. The van der Waals surface area contributed by atoms with Gasteiger partial charge in [-0.1, -0.05) is 77.7 Å². The van der Waals surface area contributed by atoms with Gasteiger partial charge in [-0.25, -0.2) is 17.2 Å². The highest BCUT2D eigenvalue weighted by molar-refractivity contribution is 9.10. The molecule has 1 fully saturated rings. The van der Waals surface area contributed by atoms with Crippen LogP contribution in [0.2, 0.25) is 0 Å². The summed E-state index contributed by atoms with van der Waals surface area (Å²) in [5.41, 5.74) is 1.71. The van der Waals surface area contributed by atoms with Crippen molar-refractivity contribution >= 4 is 43.5 Å².